The quantitative estimate of drug-likeness (QED) is 0.670. The average Bonchev–Trinajstić information content (AvgIpc) is 3.15. The standard InChI is InChI=1S/C16H18N4O2/c1-10(11-6-8-12(22-2)9-7-11)17-20-16(21)15-13-4-3-5-14(13)18-19-15/h6-9H,3-5H2,1-2H3,(H,18,19)(H,20,21)/b17-10-. The van der Waals surface area contributed by atoms with Crippen LogP contribution in [0.2, 0.25) is 0 Å². The third kappa shape index (κ3) is 2.72. The molecule has 1 aromatic heterocycles. The molecule has 0 spiro atoms. The first-order valence-electron chi connectivity index (χ1n) is 7.24. The molecule has 3 rings (SSSR count). The van der Waals surface area contributed by atoms with Crippen LogP contribution in [0.3, 0.4) is 0 Å². The highest BCUT2D eigenvalue weighted by molar-refractivity contribution is 6.00. The lowest BCUT2D eigenvalue weighted by Crippen LogP contribution is -2.21. The van der Waals surface area contributed by atoms with Gasteiger partial charge in [-0.05, 0) is 56.0 Å². The second-order valence-corrected chi connectivity index (χ2v) is 5.25. The highest BCUT2D eigenvalue weighted by atomic mass is 16.5. The summed E-state index contributed by atoms with van der Waals surface area (Å²) in [5, 5.41) is 11.2. The topological polar surface area (TPSA) is 79.4 Å². The number of hydrogen-bond acceptors (Lipinski definition) is 4. The molecule has 22 heavy (non-hydrogen) atoms. The number of aryl methyl sites for hydroxylation is 1. The number of methoxy groups -OCH3 is 1. The maximum atomic E-state index is 12.2. The Labute approximate surface area is 128 Å². The van der Waals surface area contributed by atoms with Gasteiger partial charge in [0.25, 0.3) is 5.91 Å². The molecule has 0 saturated heterocycles. The van der Waals surface area contributed by atoms with E-state index in [0.29, 0.717) is 5.69 Å². The molecule has 0 atom stereocenters. The monoisotopic (exact) mass is 298 g/mol. The molecule has 0 aliphatic heterocycles. The van der Waals surface area contributed by atoms with Crippen LogP contribution in [-0.4, -0.2) is 28.9 Å². The van der Waals surface area contributed by atoms with E-state index in [1.54, 1.807) is 7.11 Å². The summed E-state index contributed by atoms with van der Waals surface area (Å²) in [6.45, 7) is 1.84. The molecular weight excluding hydrogens is 280 g/mol. The summed E-state index contributed by atoms with van der Waals surface area (Å²) in [6, 6.07) is 7.51. The van der Waals surface area contributed by atoms with Crippen LogP contribution >= 0.6 is 0 Å². The smallest absolute Gasteiger partial charge is 0.292 e. The van der Waals surface area contributed by atoms with Crippen molar-refractivity contribution < 1.29 is 9.53 Å². The number of hydrogen-bond donors (Lipinski definition) is 2. The zero-order chi connectivity index (χ0) is 15.5. The number of H-pyrrole nitrogens is 1. The molecule has 1 amide bonds. The summed E-state index contributed by atoms with van der Waals surface area (Å²) in [5.41, 5.74) is 6.78. The molecule has 0 unspecified atom stereocenters. The number of fused-ring (bicyclic) bond motifs is 1. The van der Waals surface area contributed by atoms with Gasteiger partial charge in [-0.1, -0.05) is 0 Å². The van der Waals surface area contributed by atoms with Gasteiger partial charge in [-0.2, -0.15) is 10.2 Å². The fourth-order valence-electron chi connectivity index (χ4n) is 2.59. The Balaban J connectivity index is 1.70. The van der Waals surface area contributed by atoms with E-state index >= 15 is 0 Å². The Morgan fingerprint density at radius 1 is 1.32 bits per heavy atom. The van der Waals surface area contributed by atoms with Gasteiger partial charge in [0.15, 0.2) is 5.69 Å². The van der Waals surface area contributed by atoms with Crippen molar-refractivity contribution in [2.75, 3.05) is 7.11 Å². The molecule has 1 aliphatic carbocycles. The fraction of sp³-hybridized carbons (Fsp3) is 0.312. The first-order valence-corrected chi connectivity index (χ1v) is 7.24. The van der Waals surface area contributed by atoms with Crippen LogP contribution in [0.25, 0.3) is 0 Å². The molecule has 0 saturated carbocycles. The third-order valence-electron chi connectivity index (χ3n) is 3.85. The largest absolute Gasteiger partial charge is 0.497 e. The van der Waals surface area contributed by atoms with Crippen molar-refractivity contribution in [1.82, 2.24) is 15.6 Å². The minimum absolute atomic E-state index is 0.271. The van der Waals surface area contributed by atoms with Gasteiger partial charge in [0, 0.05) is 11.3 Å². The summed E-state index contributed by atoms with van der Waals surface area (Å²) in [5.74, 6) is 0.514. The van der Waals surface area contributed by atoms with Crippen LogP contribution < -0.4 is 10.2 Å². The Morgan fingerprint density at radius 2 is 2.09 bits per heavy atom. The highest BCUT2D eigenvalue weighted by Crippen LogP contribution is 2.22. The number of nitrogens with zero attached hydrogens (tertiary/aromatic N) is 2. The second kappa shape index (κ2) is 6.01. The lowest BCUT2D eigenvalue weighted by molar-refractivity contribution is 0.0949. The summed E-state index contributed by atoms with van der Waals surface area (Å²) < 4.78 is 5.12. The first kappa shape index (κ1) is 14.3. The second-order valence-electron chi connectivity index (χ2n) is 5.25. The number of rotatable bonds is 4. The molecule has 0 bridgehead atoms. The van der Waals surface area contributed by atoms with E-state index in [9.17, 15) is 4.79 Å². The SMILES string of the molecule is COc1ccc(/C(C)=N\NC(=O)c2n[nH]c3c2CCC3)cc1. The van der Waals surface area contributed by atoms with Crippen LogP contribution in [0.4, 0.5) is 0 Å². The fourth-order valence-corrected chi connectivity index (χ4v) is 2.59. The highest BCUT2D eigenvalue weighted by Gasteiger charge is 2.22. The number of benzene rings is 1. The predicted octanol–water partition coefficient (Wildman–Crippen LogP) is 2.06. The number of hydrazone groups is 1. The van der Waals surface area contributed by atoms with Crippen LogP contribution in [0.15, 0.2) is 29.4 Å². The zero-order valence-corrected chi connectivity index (χ0v) is 12.6. The minimum Gasteiger partial charge on any atom is -0.497 e. The van der Waals surface area contributed by atoms with Crippen LogP contribution in [0.1, 0.15) is 40.7 Å². The lowest BCUT2D eigenvalue weighted by atomic mass is 10.1. The van der Waals surface area contributed by atoms with Crippen LogP contribution in [-0.2, 0) is 12.8 Å². The van der Waals surface area contributed by atoms with Crippen molar-refractivity contribution in [2.24, 2.45) is 5.10 Å². The molecule has 0 radical (unpaired) electrons. The lowest BCUT2D eigenvalue weighted by Gasteiger charge is -2.04. The Kier molecular flexibility index (Phi) is 3.91. The van der Waals surface area contributed by atoms with E-state index in [1.165, 1.54) is 0 Å². The minimum atomic E-state index is -0.271. The number of aromatic amines is 1. The molecule has 6 nitrogen and oxygen atoms in total. The van der Waals surface area contributed by atoms with Crippen molar-refractivity contribution in [3.8, 4) is 5.75 Å². The van der Waals surface area contributed by atoms with Gasteiger partial charge in [0.1, 0.15) is 5.75 Å². The number of carbonyl (C=O) groups is 1. The van der Waals surface area contributed by atoms with E-state index < -0.39 is 0 Å². The number of aromatic nitrogens is 2. The Bertz CT molecular complexity index is 716. The van der Waals surface area contributed by atoms with Gasteiger partial charge in [-0.25, -0.2) is 5.43 Å². The predicted molar refractivity (Wildman–Crippen MR) is 83.3 cm³/mol. The molecule has 2 aromatic rings. The maximum Gasteiger partial charge on any atom is 0.292 e. The average molecular weight is 298 g/mol. The van der Waals surface area contributed by atoms with E-state index in [0.717, 1.165) is 47.5 Å². The normalized spacial score (nSPS) is 13.8. The van der Waals surface area contributed by atoms with Gasteiger partial charge in [0.05, 0.1) is 12.8 Å². The number of carbonyl (C=O) groups excluding carboxylic acids is 1. The number of nitrogens with one attached hydrogen (secondary N) is 2. The number of amides is 1. The van der Waals surface area contributed by atoms with E-state index in [-0.39, 0.29) is 5.91 Å². The van der Waals surface area contributed by atoms with Crippen molar-refractivity contribution in [1.29, 1.82) is 0 Å². The van der Waals surface area contributed by atoms with Crippen LogP contribution in [0.5, 0.6) is 5.75 Å². The molecular formula is C16H18N4O2. The van der Waals surface area contributed by atoms with Gasteiger partial charge in [-0.15, -0.1) is 0 Å². The molecule has 6 heteroatoms. The summed E-state index contributed by atoms with van der Waals surface area (Å²) in [6.07, 6.45) is 2.93. The molecule has 2 N–H and O–H groups in total. The molecule has 1 aromatic carbocycles. The molecule has 0 fully saturated rings. The molecule has 1 heterocycles. The van der Waals surface area contributed by atoms with E-state index in [2.05, 4.69) is 20.7 Å². The van der Waals surface area contributed by atoms with Gasteiger partial charge >= 0.3 is 0 Å². The Hall–Kier alpha value is -2.63. The van der Waals surface area contributed by atoms with Crippen LogP contribution in [0, 0.1) is 0 Å². The first-order chi connectivity index (χ1) is 10.7. The number of ether oxygens (including phenoxy) is 1. The maximum absolute atomic E-state index is 12.2. The summed E-state index contributed by atoms with van der Waals surface area (Å²) in [7, 11) is 1.62. The summed E-state index contributed by atoms with van der Waals surface area (Å²) in [4.78, 5) is 12.2. The van der Waals surface area contributed by atoms with Crippen molar-refractivity contribution in [3.05, 3.63) is 46.8 Å². The van der Waals surface area contributed by atoms with Crippen molar-refractivity contribution >= 4 is 11.6 Å². The zero-order valence-electron chi connectivity index (χ0n) is 12.6. The Morgan fingerprint density at radius 3 is 2.82 bits per heavy atom. The van der Waals surface area contributed by atoms with E-state index in [4.69, 9.17) is 4.74 Å². The van der Waals surface area contributed by atoms with E-state index in [1.807, 2.05) is 31.2 Å². The molecule has 114 valence electrons. The van der Waals surface area contributed by atoms with Crippen molar-refractivity contribution in [3.63, 3.8) is 0 Å². The van der Waals surface area contributed by atoms with Crippen molar-refractivity contribution in [2.45, 2.75) is 26.2 Å². The third-order valence-corrected chi connectivity index (χ3v) is 3.85. The van der Waals surface area contributed by atoms with Gasteiger partial charge < -0.3 is 4.74 Å². The molecule has 1 aliphatic rings. The summed E-state index contributed by atoms with van der Waals surface area (Å²) >= 11 is 0. The van der Waals surface area contributed by atoms with Gasteiger partial charge in [0.2, 0.25) is 0 Å². The van der Waals surface area contributed by atoms with Gasteiger partial charge in [-0.3, -0.25) is 9.89 Å².